The van der Waals surface area contributed by atoms with Gasteiger partial charge in [0.25, 0.3) is 0 Å². The van der Waals surface area contributed by atoms with E-state index in [0.717, 1.165) is 0 Å². The summed E-state index contributed by atoms with van der Waals surface area (Å²) in [6, 6.07) is 4.13. The fourth-order valence-corrected chi connectivity index (χ4v) is 1.27. The number of carbonyl (C=O) groups is 1. The molecule has 0 spiro atoms. The van der Waals surface area contributed by atoms with E-state index in [1.54, 1.807) is 13.8 Å². The summed E-state index contributed by atoms with van der Waals surface area (Å²) in [5.41, 5.74) is 0.391. The summed E-state index contributed by atoms with van der Waals surface area (Å²) < 4.78 is 33.9. The van der Waals surface area contributed by atoms with Crippen LogP contribution in [0.15, 0.2) is 18.2 Å². The highest BCUT2D eigenvalue weighted by molar-refractivity contribution is 5.94. The molecular formula is C12H14F2O3. The largest absolute Gasteiger partial charge is 0.487 e. The molecule has 94 valence electrons. The highest BCUT2D eigenvalue weighted by Crippen LogP contribution is 2.30. The molecule has 5 heteroatoms. The summed E-state index contributed by atoms with van der Waals surface area (Å²) in [7, 11) is 0. The molecule has 0 atom stereocenters. The highest BCUT2D eigenvalue weighted by Gasteiger charge is 2.14. The third kappa shape index (κ3) is 4.01. The Labute approximate surface area is 98.3 Å². The number of Topliss-reactive ketones (excluding diaryl/α,β-unsaturated/α-hetero) is 1. The van der Waals surface area contributed by atoms with Crippen LogP contribution in [-0.4, -0.2) is 18.5 Å². The molecule has 1 rings (SSSR count). The van der Waals surface area contributed by atoms with Gasteiger partial charge < -0.3 is 9.47 Å². The first-order chi connectivity index (χ1) is 7.90. The van der Waals surface area contributed by atoms with Crippen LogP contribution in [0.5, 0.6) is 11.5 Å². The zero-order valence-corrected chi connectivity index (χ0v) is 9.87. The van der Waals surface area contributed by atoms with Gasteiger partial charge in [-0.15, -0.1) is 0 Å². The van der Waals surface area contributed by atoms with Crippen LogP contribution in [0.2, 0.25) is 0 Å². The Hall–Kier alpha value is -1.65. The van der Waals surface area contributed by atoms with Crippen molar-refractivity contribution in [1.29, 1.82) is 0 Å². The van der Waals surface area contributed by atoms with Crippen molar-refractivity contribution < 1.29 is 23.0 Å². The molecule has 0 bridgehead atoms. The predicted octanol–water partition coefficient (Wildman–Crippen LogP) is 3.28. The molecule has 0 saturated heterocycles. The summed E-state index contributed by atoms with van der Waals surface area (Å²) in [4.78, 5) is 11.2. The number of halogens is 2. The van der Waals surface area contributed by atoms with Gasteiger partial charge in [-0.2, -0.15) is 8.78 Å². The molecule has 17 heavy (non-hydrogen) atoms. The van der Waals surface area contributed by atoms with Crippen LogP contribution in [0.1, 0.15) is 31.1 Å². The first-order valence-corrected chi connectivity index (χ1v) is 5.16. The minimum absolute atomic E-state index is 0.0706. The third-order valence-corrected chi connectivity index (χ3v) is 1.93. The fraction of sp³-hybridized carbons (Fsp3) is 0.417. The van der Waals surface area contributed by atoms with Gasteiger partial charge in [0.15, 0.2) is 17.3 Å². The van der Waals surface area contributed by atoms with Crippen molar-refractivity contribution in [2.45, 2.75) is 33.5 Å². The second-order valence-electron chi connectivity index (χ2n) is 3.76. The molecule has 1 aromatic rings. The molecule has 0 radical (unpaired) electrons. The van der Waals surface area contributed by atoms with Gasteiger partial charge in [-0.1, -0.05) is 0 Å². The van der Waals surface area contributed by atoms with Gasteiger partial charge in [-0.05, 0) is 39.0 Å². The van der Waals surface area contributed by atoms with Crippen LogP contribution in [0, 0.1) is 0 Å². The zero-order chi connectivity index (χ0) is 13.0. The topological polar surface area (TPSA) is 35.5 Å². The molecule has 0 amide bonds. The molecule has 0 unspecified atom stereocenters. The summed E-state index contributed by atoms with van der Waals surface area (Å²) in [5, 5.41) is 0. The Balaban J connectivity index is 3.07. The van der Waals surface area contributed by atoms with Crippen molar-refractivity contribution >= 4 is 5.78 Å². The van der Waals surface area contributed by atoms with E-state index >= 15 is 0 Å². The first-order valence-electron chi connectivity index (χ1n) is 5.16. The van der Waals surface area contributed by atoms with Crippen molar-refractivity contribution in [1.82, 2.24) is 0 Å². The van der Waals surface area contributed by atoms with Crippen LogP contribution in [0.25, 0.3) is 0 Å². The molecule has 0 fully saturated rings. The molecule has 0 aliphatic heterocycles. The Kier molecular flexibility index (Phi) is 4.43. The Bertz CT molecular complexity index is 403. The minimum Gasteiger partial charge on any atom is -0.487 e. The molecular weight excluding hydrogens is 230 g/mol. The van der Waals surface area contributed by atoms with E-state index in [1.165, 1.54) is 25.1 Å². The number of hydrogen-bond acceptors (Lipinski definition) is 3. The van der Waals surface area contributed by atoms with Crippen LogP contribution in [0.4, 0.5) is 8.78 Å². The average Bonchev–Trinajstić information content (AvgIpc) is 2.18. The number of carbonyl (C=O) groups excluding carboxylic acids is 1. The molecule has 0 N–H and O–H groups in total. The van der Waals surface area contributed by atoms with Gasteiger partial charge in [0, 0.05) is 5.56 Å². The molecule has 0 heterocycles. The lowest BCUT2D eigenvalue weighted by Crippen LogP contribution is -2.10. The van der Waals surface area contributed by atoms with Crippen molar-refractivity contribution in [3.63, 3.8) is 0 Å². The van der Waals surface area contributed by atoms with E-state index in [4.69, 9.17) is 4.74 Å². The SMILES string of the molecule is CC(=O)c1ccc(OC(F)F)c(OC(C)C)c1. The normalized spacial score (nSPS) is 10.8. The van der Waals surface area contributed by atoms with Gasteiger partial charge in [0.2, 0.25) is 0 Å². The highest BCUT2D eigenvalue weighted by atomic mass is 19.3. The van der Waals surface area contributed by atoms with Crippen molar-refractivity contribution in [2.75, 3.05) is 0 Å². The minimum atomic E-state index is -2.92. The van der Waals surface area contributed by atoms with E-state index in [9.17, 15) is 13.6 Å². The zero-order valence-electron chi connectivity index (χ0n) is 9.87. The first kappa shape index (κ1) is 13.4. The smallest absolute Gasteiger partial charge is 0.387 e. The maximum Gasteiger partial charge on any atom is 0.387 e. The quantitative estimate of drug-likeness (QED) is 0.745. The Morgan fingerprint density at radius 2 is 1.82 bits per heavy atom. The Morgan fingerprint density at radius 3 is 2.29 bits per heavy atom. The van der Waals surface area contributed by atoms with E-state index < -0.39 is 6.61 Å². The van der Waals surface area contributed by atoms with Gasteiger partial charge in [0.1, 0.15) is 0 Å². The van der Waals surface area contributed by atoms with E-state index in [2.05, 4.69) is 4.74 Å². The second-order valence-corrected chi connectivity index (χ2v) is 3.76. The van der Waals surface area contributed by atoms with E-state index in [-0.39, 0.29) is 23.4 Å². The number of ketones is 1. The van der Waals surface area contributed by atoms with Gasteiger partial charge >= 0.3 is 6.61 Å². The molecule has 0 aliphatic rings. The summed E-state index contributed by atoms with van der Waals surface area (Å²) in [6.45, 7) is 1.98. The van der Waals surface area contributed by atoms with E-state index in [0.29, 0.717) is 5.56 Å². The number of ether oxygens (including phenoxy) is 2. The van der Waals surface area contributed by atoms with Crippen molar-refractivity contribution in [3.05, 3.63) is 23.8 Å². The van der Waals surface area contributed by atoms with Crippen LogP contribution in [-0.2, 0) is 0 Å². The number of hydrogen-bond donors (Lipinski definition) is 0. The van der Waals surface area contributed by atoms with E-state index in [1.807, 2.05) is 0 Å². The fourth-order valence-electron chi connectivity index (χ4n) is 1.27. The van der Waals surface area contributed by atoms with Crippen LogP contribution < -0.4 is 9.47 Å². The maximum absolute atomic E-state index is 12.2. The summed E-state index contributed by atoms with van der Waals surface area (Å²) in [5.74, 6) is -0.0890. The second kappa shape index (κ2) is 5.61. The number of rotatable bonds is 5. The van der Waals surface area contributed by atoms with Gasteiger partial charge in [-0.25, -0.2) is 0 Å². The standard InChI is InChI=1S/C12H14F2O3/c1-7(2)16-11-6-9(8(3)15)4-5-10(11)17-12(13)14/h4-7,12H,1-3H3. The maximum atomic E-state index is 12.2. The van der Waals surface area contributed by atoms with Crippen LogP contribution in [0.3, 0.4) is 0 Å². The number of alkyl halides is 2. The van der Waals surface area contributed by atoms with Crippen molar-refractivity contribution in [2.24, 2.45) is 0 Å². The summed E-state index contributed by atoms with van der Waals surface area (Å²) in [6.07, 6.45) is -0.197. The lowest BCUT2D eigenvalue weighted by atomic mass is 10.1. The monoisotopic (exact) mass is 244 g/mol. The lowest BCUT2D eigenvalue weighted by Gasteiger charge is -2.15. The van der Waals surface area contributed by atoms with Crippen LogP contribution >= 0.6 is 0 Å². The average molecular weight is 244 g/mol. The Morgan fingerprint density at radius 1 is 1.18 bits per heavy atom. The number of benzene rings is 1. The van der Waals surface area contributed by atoms with Crippen molar-refractivity contribution in [3.8, 4) is 11.5 Å². The van der Waals surface area contributed by atoms with Gasteiger partial charge in [0.05, 0.1) is 6.10 Å². The molecule has 3 nitrogen and oxygen atoms in total. The third-order valence-electron chi connectivity index (χ3n) is 1.93. The molecule has 1 aromatic carbocycles. The molecule has 0 aromatic heterocycles. The lowest BCUT2D eigenvalue weighted by molar-refractivity contribution is -0.0518. The molecule has 0 saturated carbocycles. The molecule has 0 aliphatic carbocycles. The predicted molar refractivity (Wildman–Crippen MR) is 58.8 cm³/mol. The summed E-state index contributed by atoms with van der Waals surface area (Å²) >= 11 is 0. The van der Waals surface area contributed by atoms with Gasteiger partial charge in [-0.3, -0.25) is 4.79 Å².